The van der Waals surface area contributed by atoms with E-state index in [1.807, 2.05) is 6.07 Å². The lowest BCUT2D eigenvalue weighted by molar-refractivity contribution is 0.0949. The molecular formula is C20H25FN2OS. The van der Waals surface area contributed by atoms with Crippen LogP contribution in [0.3, 0.4) is 0 Å². The molecule has 0 aliphatic heterocycles. The van der Waals surface area contributed by atoms with Gasteiger partial charge in [0, 0.05) is 18.5 Å². The van der Waals surface area contributed by atoms with Crippen molar-refractivity contribution in [3.63, 3.8) is 0 Å². The molecule has 0 saturated carbocycles. The topological polar surface area (TPSA) is 42.0 Å². The molecule has 0 bridgehead atoms. The minimum Gasteiger partial charge on any atom is -0.352 e. The zero-order valence-electron chi connectivity index (χ0n) is 14.6. The number of amides is 1. The van der Waals surface area contributed by atoms with Crippen LogP contribution in [0.5, 0.6) is 0 Å². The molecular weight excluding hydrogens is 335 g/mol. The predicted molar refractivity (Wildman–Crippen MR) is 101 cm³/mol. The zero-order chi connectivity index (χ0) is 17.9. The summed E-state index contributed by atoms with van der Waals surface area (Å²) in [5.74, 6) is 0.233. The maximum Gasteiger partial charge on any atom is 0.254 e. The highest BCUT2D eigenvalue weighted by molar-refractivity contribution is 7.98. The summed E-state index contributed by atoms with van der Waals surface area (Å²) in [5.41, 5.74) is 1.45. The number of nitrogens with one attached hydrogen (secondary N) is 1. The van der Waals surface area contributed by atoms with Crippen molar-refractivity contribution in [3.05, 3.63) is 59.5 Å². The maximum atomic E-state index is 13.3. The molecule has 0 radical (unpaired) electrons. The summed E-state index contributed by atoms with van der Waals surface area (Å²) in [4.78, 5) is 16.7. The molecule has 134 valence electrons. The molecule has 0 aliphatic carbocycles. The van der Waals surface area contributed by atoms with Gasteiger partial charge in [-0.05, 0) is 36.2 Å². The Bertz CT molecular complexity index is 678. The Morgan fingerprint density at radius 2 is 2.00 bits per heavy atom. The van der Waals surface area contributed by atoms with Crippen LogP contribution in [0, 0.1) is 5.82 Å². The van der Waals surface area contributed by atoms with E-state index in [0.717, 1.165) is 18.4 Å². The number of hydrogen-bond acceptors (Lipinski definition) is 3. The maximum absolute atomic E-state index is 13.3. The molecule has 0 atom stereocenters. The lowest BCUT2D eigenvalue weighted by atomic mass is 10.1. The molecule has 1 heterocycles. The highest BCUT2D eigenvalue weighted by Gasteiger charge is 2.12. The first-order valence-corrected chi connectivity index (χ1v) is 9.79. The minimum atomic E-state index is -0.250. The van der Waals surface area contributed by atoms with Crippen molar-refractivity contribution in [1.29, 1.82) is 0 Å². The van der Waals surface area contributed by atoms with Gasteiger partial charge in [-0.15, -0.1) is 11.8 Å². The average Bonchev–Trinajstić information content (AvgIpc) is 2.63. The van der Waals surface area contributed by atoms with E-state index < -0.39 is 0 Å². The van der Waals surface area contributed by atoms with Crippen molar-refractivity contribution in [1.82, 2.24) is 10.3 Å². The summed E-state index contributed by atoms with van der Waals surface area (Å²) in [6.45, 7) is 2.87. The van der Waals surface area contributed by atoms with E-state index in [0.29, 0.717) is 22.9 Å². The number of pyridine rings is 1. The van der Waals surface area contributed by atoms with Crippen molar-refractivity contribution in [2.75, 3.05) is 6.54 Å². The Balaban J connectivity index is 1.87. The molecule has 0 aliphatic rings. The molecule has 1 aromatic heterocycles. The highest BCUT2D eigenvalue weighted by Crippen LogP contribution is 2.24. The lowest BCUT2D eigenvalue weighted by Gasteiger charge is -2.09. The van der Waals surface area contributed by atoms with E-state index in [-0.39, 0.29) is 11.7 Å². The summed E-state index contributed by atoms with van der Waals surface area (Å²) < 4.78 is 13.3. The third kappa shape index (κ3) is 6.86. The van der Waals surface area contributed by atoms with Crippen LogP contribution in [-0.4, -0.2) is 17.4 Å². The molecule has 0 saturated heterocycles. The second-order valence-electron chi connectivity index (χ2n) is 5.94. The Morgan fingerprint density at radius 3 is 2.80 bits per heavy atom. The van der Waals surface area contributed by atoms with Gasteiger partial charge in [0.25, 0.3) is 5.91 Å². The van der Waals surface area contributed by atoms with Gasteiger partial charge in [-0.25, -0.2) is 9.37 Å². The molecule has 1 N–H and O–H groups in total. The largest absolute Gasteiger partial charge is 0.352 e. The highest BCUT2D eigenvalue weighted by atomic mass is 32.2. The van der Waals surface area contributed by atoms with Gasteiger partial charge >= 0.3 is 0 Å². The number of benzene rings is 1. The molecule has 2 rings (SSSR count). The number of thioether (sulfide) groups is 1. The average molecular weight is 360 g/mol. The standard InChI is InChI=1S/C20H25FN2OS/c1-2-3-4-5-6-12-22-19(24)18-11-8-13-23-20(18)25-15-16-9-7-10-17(21)14-16/h7-11,13-14H,2-6,12,15H2,1H3,(H,22,24). The zero-order valence-corrected chi connectivity index (χ0v) is 15.4. The number of carbonyl (C=O) groups excluding carboxylic acids is 1. The van der Waals surface area contributed by atoms with Crippen LogP contribution in [0.4, 0.5) is 4.39 Å². The Hall–Kier alpha value is -1.88. The molecule has 1 aromatic carbocycles. The van der Waals surface area contributed by atoms with E-state index in [1.54, 1.807) is 24.4 Å². The monoisotopic (exact) mass is 360 g/mol. The molecule has 25 heavy (non-hydrogen) atoms. The summed E-state index contributed by atoms with van der Waals surface area (Å²) in [6, 6.07) is 10.0. The predicted octanol–water partition coefficient (Wildman–Crippen LogP) is 5.21. The third-order valence-electron chi connectivity index (χ3n) is 3.85. The SMILES string of the molecule is CCCCCCCNC(=O)c1cccnc1SCc1cccc(F)c1. The van der Waals surface area contributed by atoms with Crippen LogP contribution in [0.15, 0.2) is 47.6 Å². The van der Waals surface area contributed by atoms with Crippen molar-refractivity contribution < 1.29 is 9.18 Å². The normalized spacial score (nSPS) is 10.6. The van der Waals surface area contributed by atoms with Gasteiger partial charge in [0.05, 0.1) is 5.56 Å². The second-order valence-corrected chi connectivity index (χ2v) is 6.91. The number of nitrogens with zero attached hydrogens (tertiary/aromatic N) is 1. The number of halogens is 1. The first-order valence-electron chi connectivity index (χ1n) is 8.81. The fourth-order valence-corrected chi connectivity index (χ4v) is 3.42. The van der Waals surface area contributed by atoms with E-state index in [9.17, 15) is 9.18 Å². The number of unbranched alkanes of at least 4 members (excludes halogenated alkanes) is 4. The molecule has 0 fully saturated rings. The van der Waals surface area contributed by atoms with E-state index in [4.69, 9.17) is 0 Å². The summed E-state index contributed by atoms with van der Waals surface area (Å²) in [7, 11) is 0. The van der Waals surface area contributed by atoms with Gasteiger partial charge in [-0.2, -0.15) is 0 Å². The van der Waals surface area contributed by atoms with Gasteiger partial charge in [0.1, 0.15) is 10.8 Å². The first kappa shape index (κ1) is 19.4. The van der Waals surface area contributed by atoms with E-state index >= 15 is 0 Å². The quantitative estimate of drug-likeness (QED) is 0.467. The molecule has 3 nitrogen and oxygen atoms in total. The van der Waals surface area contributed by atoms with Gasteiger partial charge in [-0.3, -0.25) is 4.79 Å². The minimum absolute atomic E-state index is 0.0923. The third-order valence-corrected chi connectivity index (χ3v) is 4.92. The molecule has 1 amide bonds. The van der Waals surface area contributed by atoms with Gasteiger partial charge < -0.3 is 5.32 Å². The van der Waals surface area contributed by atoms with Crippen LogP contribution >= 0.6 is 11.8 Å². The van der Waals surface area contributed by atoms with Crippen LogP contribution in [0.1, 0.15) is 54.9 Å². The lowest BCUT2D eigenvalue weighted by Crippen LogP contribution is -2.25. The van der Waals surface area contributed by atoms with Gasteiger partial charge in [0.15, 0.2) is 0 Å². The van der Waals surface area contributed by atoms with Gasteiger partial charge in [-0.1, -0.05) is 44.7 Å². The first-order chi connectivity index (χ1) is 12.2. The van der Waals surface area contributed by atoms with Crippen LogP contribution in [-0.2, 0) is 5.75 Å². The van der Waals surface area contributed by atoms with Crippen molar-refractivity contribution in [2.24, 2.45) is 0 Å². The molecule has 0 unspecified atom stereocenters. The number of carbonyl (C=O) groups is 1. The fourth-order valence-electron chi connectivity index (χ4n) is 2.48. The van der Waals surface area contributed by atoms with E-state index in [2.05, 4.69) is 17.2 Å². The molecule has 0 spiro atoms. The van der Waals surface area contributed by atoms with Crippen LogP contribution in [0.25, 0.3) is 0 Å². The molecule has 2 aromatic rings. The van der Waals surface area contributed by atoms with Crippen molar-refractivity contribution in [2.45, 2.75) is 49.8 Å². The number of aromatic nitrogens is 1. The summed E-state index contributed by atoms with van der Waals surface area (Å²) in [5, 5.41) is 3.65. The Labute approximate surface area is 153 Å². The Kier molecular flexibility index (Phi) is 8.46. The smallest absolute Gasteiger partial charge is 0.254 e. The number of rotatable bonds is 10. The van der Waals surface area contributed by atoms with Crippen LogP contribution in [0.2, 0.25) is 0 Å². The van der Waals surface area contributed by atoms with E-state index in [1.165, 1.54) is 43.2 Å². The molecule has 5 heteroatoms. The van der Waals surface area contributed by atoms with Crippen LogP contribution < -0.4 is 5.32 Å². The van der Waals surface area contributed by atoms with Gasteiger partial charge in [0.2, 0.25) is 0 Å². The second kappa shape index (κ2) is 10.9. The Morgan fingerprint density at radius 1 is 1.16 bits per heavy atom. The summed E-state index contributed by atoms with van der Waals surface area (Å²) in [6.07, 6.45) is 7.49. The fraction of sp³-hybridized carbons (Fsp3) is 0.400. The van der Waals surface area contributed by atoms with Crippen molar-refractivity contribution >= 4 is 17.7 Å². The number of hydrogen-bond donors (Lipinski definition) is 1. The summed E-state index contributed by atoms with van der Waals surface area (Å²) >= 11 is 1.45. The van der Waals surface area contributed by atoms with Crippen molar-refractivity contribution in [3.8, 4) is 0 Å².